The van der Waals surface area contributed by atoms with E-state index < -0.39 is 17.1 Å². The number of aliphatic imine (C=N–C) groups is 1. The summed E-state index contributed by atoms with van der Waals surface area (Å²) in [4.78, 5) is 43.7. The summed E-state index contributed by atoms with van der Waals surface area (Å²) in [5.41, 5.74) is 1.29. The van der Waals surface area contributed by atoms with Gasteiger partial charge in [0.15, 0.2) is 0 Å². The number of hydrogen-bond donors (Lipinski definition) is 2. The van der Waals surface area contributed by atoms with Crippen LogP contribution in [-0.4, -0.2) is 30.0 Å². The molecule has 9 nitrogen and oxygen atoms in total. The van der Waals surface area contributed by atoms with Gasteiger partial charge in [0.05, 0.1) is 22.4 Å². The SMILES string of the molecule is CCc1ccccc1-n1c(O)c(C=Nc2cc3c(cc2Br)n(C)c(=O)n3C)c(=O)[nH]c1=O. The van der Waals surface area contributed by atoms with Crippen LogP contribution < -0.4 is 16.9 Å². The van der Waals surface area contributed by atoms with Crippen LogP contribution in [0.25, 0.3) is 16.7 Å². The van der Waals surface area contributed by atoms with Crippen molar-refractivity contribution in [2.24, 2.45) is 19.1 Å². The first-order valence-corrected chi connectivity index (χ1v) is 10.6. The molecule has 0 aliphatic carbocycles. The first kappa shape index (κ1) is 21.6. The Morgan fingerprint density at radius 3 is 2.44 bits per heavy atom. The second-order valence-corrected chi connectivity index (χ2v) is 8.12. The molecule has 0 atom stereocenters. The second kappa shape index (κ2) is 8.12. The molecule has 2 aromatic heterocycles. The maximum absolute atomic E-state index is 12.5. The molecule has 0 saturated carbocycles. The lowest BCUT2D eigenvalue weighted by Gasteiger charge is -2.13. The van der Waals surface area contributed by atoms with Crippen LogP contribution in [-0.2, 0) is 20.5 Å². The normalized spacial score (nSPS) is 11.6. The quantitative estimate of drug-likeness (QED) is 0.421. The van der Waals surface area contributed by atoms with Gasteiger partial charge in [-0.15, -0.1) is 0 Å². The van der Waals surface area contributed by atoms with Gasteiger partial charge in [0, 0.05) is 24.8 Å². The third kappa shape index (κ3) is 3.42. The Hall–Kier alpha value is -3.66. The zero-order valence-electron chi connectivity index (χ0n) is 17.6. The van der Waals surface area contributed by atoms with Crippen molar-refractivity contribution in [1.29, 1.82) is 0 Å². The summed E-state index contributed by atoms with van der Waals surface area (Å²) in [5, 5.41) is 10.8. The van der Waals surface area contributed by atoms with Gasteiger partial charge >= 0.3 is 11.4 Å². The van der Waals surface area contributed by atoms with E-state index in [-0.39, 0.29) is 11.3 Å². The van der Waals surface area contributed by atoms with Gasteiger partial charge in [-0.3, -0.25) is 23.9 Å². The molecule has 2 aromatic carbocycles. The Bertz CT molecular complexity index is 1570. The summed E-state index contributed by atoms with van der Waals surface area (Å²) in [7, 11) is 3.33. The Labute approximate surface area is 190 Å². The summed E-state index contributed by atoms with van der Waals surface area (Å²) < 4.78 is 4.67. The van der Waals surface area contributed by atoms with E-state index in [1.54, 1.807) is 38.4 Å². The second-order valence-electron chi connectivity index (χ2n) is 7.27. The predicted octanol–water partition coefficient (Wildman–Crippen LogP) is 2.50. The van der Waals surface area contributed by atoms with Crippen molar-refractivity contribution in [2.75, 3.05) is 0 Å². The van der Waals surface area contributed by atoms with E-state index >= 15 is 0 Å². The minimum Gasteiger partial charge on any atom is -0.493 e. The van der Waals surface area contributed by atoms with Gasteiger partial charge in [-0.2, -0.15) is 0 Å². The maximum Gasteiger partial charge on any atom is 0.335 e. The molecule has 0 bridgehead atoms. The van der Waals surface area contributed by atoms with E-state index in [4.69, 9.17) is 0 Å². The standard InChI is InChI=1S/C22H20BrN5O4/c1-4-12-7-5-6-8-16(12)28-20(30)13(19(29)25-21(28)31)11-24-15-10-18-17(9-14(15)23)26(2)22(32)27(18)3/h5-11,30H,4H2,1-3H3,(H,25,29,31). The van der Waals surface area contributed by atoms with E-state index in [1.807, 2.05) is 19.1 Å². The van der Waals surface area contributed by atoms with Crippen LogP contribution in [0.4, 0.5) is 5.69 Å². The number of benzene rings is 2. The molecule has 4 aromatic rings. The van der Waals surface area contributed by atoms with Crippen molar-refractivity contribution >= 4 is 38.9 Å². The highest BCUT2D eigenvalue weighted by Gasteiger charge is 2.17. The lowest BCUT2D eigenvalue weighted by Crippen LogP contribution is -2.31. The van der Waals surface area contributed by atoms with Gasteiger partial charge in [0.2, 0.25) is 5.88 Å². The number of nitrogens with zero attached hydrogens (tertiary/aromatic N) is 4. The third-order valence-corrected chi connectivity index (χ3v) is 6.04. The molecule has 0 spiro atoms. The van der Waals surface area contributed by atoms with Gasteiger partial charge < -0.3 is 5.11 Å². The number of hydrogen-bond acceptors (Lipinski definition) is 5. The maximum atomic E-state index is 12.5. The molecular weight excluding hydrogens is 478 g/mol. The molecule has 0 aliphatic heterocycles. The van der Waals surface area contributed by atoms with Crippen molar-refractivity contribution in [3.05, 3.63) is 83.3 Å². The van der Waals surface area contributed by atoms with Crippen LogP contribution in [0.5, 0.6) is 5.88 Å². The van der Waals surface area contributed by atoms with Crippen molar-refractivity contribution in [1.82, 2.24) is 18.7 Å². The van der Waals surface area contributed by atoms with Crippen LogP contribution >= 0.6 is 15.9 Å². The number of H-pyrrole nitrogens is 1. The van der Waals surface area contributed by atoms with Crippen LogP contribution in [0.3, 0.4) is 0 Å². The molecule has 0 saturated heterocycles. The van der Waals surface area contributed by atoms with Gasteiger partial charge in [-0.25, -0.2) is 14.2 Å². The number of aryl methyl sites for hydroxylation is 3. The Morgan fingerprint density at radius 1 is 1.09 bits per heavy atom. The molecule has 164 valence electrons. The van der Waals surface area contributed by atoms with Crippen LogP contribution in [0.1, 0.15) is 18.1 Å². The highest BCUT2D eigenvalue weighted by Crippen LogP contribution is 2.30. The third-order valence-electron chi connectivity index (χ3n) is 5.41. The Morgan fingerprint density at radius 2 is 1.75 bits per heavy atom. The molecule has 2 N–H and O–H groups in total. The average molecular weight is 498 g/mol. The van der Waals surface area contributed by atoms with Crippen molar-refractivity contribution in [3.63, 3.8) is 0 Å². The summed E-state index contributed by atoms with van der Waals surface area (Å²) in [5.74, 6) is -0.507. The predicted molar refractivity (Wildman–Crippen MR) is 127 cm³/mol. The zero-order valence-corrected chi connectivity index (χ0v) is 19.2. The van der Waals surface area contributed by atoms with E-state index in [2.05, 4.69) is 25.9 Å². The van der Waals surface area contributed by atoms with Crippen molar-refractivity contribution in [3.8, 4) is 11.6 Å². The average Bonchev–Trinajstić information content (AvgIpc) is 2.97. The van der Waals surface area contributed by atoms with Crippen molar-refractivity contribution < 1.29 is 5.11 Å². The number of para-hydroxylation sites is 1. The number of aromatic nitrogens is 4. The number of rotatable bonds is 4. The van der Waals surface area contributed by atoms with Gasteiger partial charge in [0.1, 0.15) is 5.56 Å². The fraction of sp³-hybridized carbons (Fsp3) is 0.182. The highest BCUT2D eigenvalue weighted by molar-refractivity contribution is 9.10. The van der Waals surface area contributed by atoms with E-state index in [0.29, 0.717) is 33.3 Å². The summed E-state index contributed by atoms with van der Waals surface area (Å²) in [6.07, 6.45) is 1.83. The minimum absolute atomic E-state index is 0.163. The summed E-state index contributed by atoms with van der Waals surface area (Å²) in [6, 6.07) is 10.6. The number of halogens is 1. The fourth-order valence-electron chi connectivity index (χ4n) is 3.65. The molecule has 0 radical (unpaired) electrons. The molecule has 0 fully saturated rings. The molecule has 0 amide bonds. The lowest BCUT2D eigenvalue weighted by atomic mass is 10.1. The molecule has 32 heavy (non-hydrogen) atoms. The zero-order chi connectivity index (χ0) is 23.2. The van der Waals surface area contributed by atoms with E-state index in [0.717, 1.165) is 10.1 Å². The molecule has 0 unspecified atom stereocenters. The minimum atomic E-state index is -0.759. The Balaban J connectivity index is 1.88. The number of nitrogens with one attached hydrogen (secondary N) is 1. The monoisotopic (exact) mass is 497 g/mol. The largest absolute Gasteiger partial charge is 0.493 e. The molecule has 10 heteroatoms. The number of aromatic hydroxyl groups is 1. The number of imidazole rings is 1. The molecule has 4 rings (SSSR count). The van der Waals surface area contributed by atoms with Crippen LogP contribution in [0.2, 0.25) is 0 Å². The first-order chi connectivity index (χ1) is 15.2. The number of aromatic amines is 1. The first-order valence-electron chi connectivity index (χ1n) is 9.80. The van der Waals surface area contributed by atoms with E-state index in [1.165, 1.54) is 15.3 Å². The van der Waals surface area contributed by atoms with Crippen molar-refractivity contribution in [2.45, 2.75) is 13.3 Å². The summed E-state index contributed by atoms with van der Waals surface area (Å²) >= 11 is 3.44. The van der Waals surface area contributed by atoms with Gasteiger partial charge in [-0.05, 0) is 46.1 Å². The fourth-order valence-corrected chi connectivity index (χ4v) is 4.08. The Kier molecular flexibility index (Phi) is 5.47. The van der Waals surface area contributed by atoms with Crippen LogP contribution in [0, 0.1) is 0 Å². The number of fused-ring (bicyclic) bond motifs is 1. The smallest absolute Gasteiger partial charge is 0.335 e. The van der Waals surface area contributed by atoms with Crippen LogP contribution in [0.15, 0.2) is 60.2 Å². The molecule has 0 aliphatic rings. The highest BCUT2D eigenvalue weighted by atomic mass is 79.9. The lowest BCUT2D eigenvalue weighted by molar-refractivity contribution is 0.429. The van der Waals surface area contributed by atoms with E-state index in [9.17, 15) is 19.5 Å². The molecular formula is C22H20BrN5O4. The topological polar surface area (TPSA) is 114 Å². The summed E-state index contributed by atoms with van der Waals surface area (Å²) in [6.45, 7) is 1.93. The van der Waals surface area contributed by atoms with Gasteiger partial charge in [-0.1, -0.05) is 25.1 Å². The molecule has 2 heterocycles. The van der Waals surface area contributed by atoms with Gasteiger partial charge in [0.25, 0.3) is 5.56 Å².